The Morgan fingerprint density at radius 1 is 1.18 bits per heavy atom. The molecular formula is C7H9N3O. The van der Waals surface area contributed by atoms with Gasteiger partial charge in [0.1, 0.15) is 11.0 Å². The zero-order valence-electron chi connectivity index (χ0n) is 6.13. The first-order valence-electron chi connectivity index (χ1n) is 3.13. The minimum Gasteiger partial charge on any atom is -0.412 e. The van der Waals surface area contributed by atoms with Crippen LogP contribution in [0.25, 0.3) is 11.0 Å². The van der Waals surface area contributed by atoms with Gasteiger partial charge < -0.3 is 5.48 Å². The van der Waals surface area contributed by atoms with Crippen molar-refractivity contribution in [2.24, 2.45) is 0 Å². The average molecular weight is 151 g/mol. The lowest BCUT2D eigenvalue weighted by molar-refractivity contribution is 0.824. The molecule has 0 aliphatic rings. The number of rotatable bonds is 0. The van der Waals surface area contributed by atoms with E-state index in [0.29, 0.717) is 0 Å². The van der Waals surface area contributed by atoms with Crippen molar-refractivity contribution in [3.63, 3.8) is 0 Å². The molecule has 0 spiro atoms. The molecule has 4 nitrogen and oxygen atoms in total. The molecule has 3 N–H and O–H groups in total. The quantitative estimate of drug-likeness (QED) is 0.593. The number of aromatic nitrogens is 3. The van der Waals surface area contributed by atoms with E-state index >= 15 is 0 Å². The van der Waals surface area contributed by atoms with Gasteiger partial charge in [0, 0.05) is 0 Å². The molecule has 0 atom stereocenters. The molecule has 0 amide bonds. The summed E-state index contributed by atoms with van der Waals surface area (Å²) in [5, 5.41) is 10.4. The first kappa shape index (κ1) is 7.68. The van der Waals surface area contributed by atoms with Crippen molar-refractivity contribution >= 4 is 11.0 Å². The van der Waals surface area contributed by atoms with Gasteiger partial charge in [0.15, 0.2) is 0 Å². The van der Waals surface area contributed by atoms with Gasteiger partial charge in [0.2, 0.25) is 0 Å². The average Bonchev–Trinajstić information content (AvgIpc) is 2.33. The largest absolute Gasteiger partial charge is 0.412 e. The van der Waals surface area contributed by atoms with Crippen molar-refractivity contribution in [3.8, 4) is 0 Å². The molecule has 0 saturated carbocycles. The number of H-pyrrole nitrogens is 1. The van der Waals surface area contributed by atoms with Crippen LogP contribution in [0.15, 0.2) is 18.2 Å². The second-order valence-electron chi connectivity index (χ2n) is 2.32. The Labute approximate surface area is 63.5 Å². The summed E-state index contributed by atoms with van der Waals surface area (Å²) in [6, 6.07) is 5.97. The minimum atomic E-state index is 0. The standard InChI is InChI=1S/C7H7N3.H2O/c1-5-2-3-6-7(4-5)9-10-8-6;/h2-4H,1H3,(H,8,9,10);1H2. The van der Waals surface area contributed by atoms with E-state index in [1.54, 1.807) is 0 Å². The topological polar surface area (TPSA) is 73.1 Å². The summed E-state index contributed by atoms with van der Waals surface area (Å²) in [5.74, 6) is 0. The molecule has 58 valence electrons. The second-order valence-corrected chi connectivity index (χ2v) is 2.32. The van der Waals surface area contributed by atoms with Crippen LogP contribution < -0.4 is 0 Å². The highest BCUT2D eigenvalue weighted by molar-refractivity contribution is 5.73. The first-order chi connectivity index (χ1) is 4.86. The molecule has 4 heteroatoms. The molecule has 0 bridgehead atoms. The summed E-state index contributed by atoms with van der Waals surface area (Å²) in [6.07, 6.45) is 0. The number of aromatic amines is 1. The summed E-state index contributed by atoms with van der Waals surface area (Å²) < 4.78 is 0. The van der Waals surface area contributed by atoms with E-state index < -0.39 is 0 Å². The monoisotopic (exact) mass is 151 g/mol. The number of nitrogens with zero attached hydrogens (tertiary/aromatic N) is 2. The SMILES string of the molecule is Cc1ccc2n[nH]nc2c1.O. The molecule has 0 aliphatic heterocycles. The molecule has 0 unspecified atom stereocenters. The Bertz CT molecular complexity index is 355. The molecule has 0 aliphatic carbocycles. The normalized spacial score (nSPS) is 9.55. The fourth-order valence-electron chi connectivity index (χ4n) is 0.950. The van der Waals surface area contributed by atoms with Gasteiger partial charge in [-0.15, -0.1) is 0 Å². The Morgan fingerprint density at radius 2 is 1.91 bits per heavy atom. The molecule has 0 fully saturated rings. The van der Waals surface area contributed by atoms with Gasteiger partial charge >= 0.3 is 0 Å². The summed E-state index contributed by atoms with van der Waals surface area (Å²) in [5.41, 5.74) is 3.06. The Hall–Kier alpha value is -1.42. The van der Waals surface area contributed by atoms with E-state index in [4.69, 9.17) is 0 Å². The molecule has 11 heavy (non-hydrogen) atoms. The lowest BCUT2D eigenvalue weighted by atomic mass is 10.2. The predicted octanol–water partition coefficient (Wildman–Crippen LogP) is 0.442. The van der Waals surface area contributed by atoms with E-state index in [-0.39, 0.29) is 5.48 Å². The molecule has 2 rings (SSSR count). The number of benzene rings is 1. The molecule has 0 saturated heterocycles. The van der Waals surface area contributed by atoms with Gasteiger partial charge in [-0.3, -0.25) is 0 Å². The third-order valence-corrected chi connectivity index (χ3v) is 1.47. The highest BCUT2D eigenvalue weighted by atomic mass is 16.0. The fraction of sp³-hybridized carbons (Fsp3) is 0.143. The van der Waals surface area contributed by atoms with Crippen molar-refractivity contribution in [1.82, 2.24) is 15.4 Å². The number of hydrogen-bond donors (Lipinski definition) is 1. The summed E-state index contributed by atoms with van der Waals surface area (Å²) in [4.78, 5) is 0. The summed E-state index contributed by atoms with van der Waals surface area (Å²) >= 11 is 0. The Morgan fingerprint density at radius 3 is 2.73 bits per heavy atom. The zero-order valence-corrected chi connectivity index (χ0v) is 6.13. The summed E-state index contributed by atoms with van der Waals surface area (Å²) in [7, 11) is 0. The predicted molar refractivity (Wildman–Crippen MR) is 42.2 cm³/mol. The van der Waals surface area contributed by atoms with E-state index in [1.165, 1.54) is 5.56 Å². The third kappa shape index (κ3) is 1.20. The van der Waals surface area contributed by atoms with Crippen LogP contribution in [0.5, 0.6) is 0 Å². The molecule has 1 aromatic carbocycles. The van der Waals surface area contributed by atoms with Crippen LogP contribution in [0.2, 0.25) is 0 Å². The van der Waals surface area contributed by atoms with Crippen LogP contribution >= 0.6 is 0 Å². The molecular weight excluding hydrogens is 142 g/mol. The number of nitrogens with one attached hydrogen (secondary N) is 1. The van der Waals surface area contributed by atoms with E-state index in [1.807, 2.05) is 25.1 Å². The van der Waals surface area contributed by atoms with Crippen molar-refractivity contribution in [2.45, 2.75) is 6.92 Å². The minimum absolute atomic E-state index is 0. The van der Waals surface area contributed by atoms with Gasteiger partial charge in [0.05, 0.1) is 0 Å². The van der Waals surface area contributed by atoms with Crippen LogP contribution in [0.3, 0.4) is 0 Å². The van der Waals surface area contributed by atoms with Crippen LogP contribution in [-0.2, 0) is 0 Å². The van der Waals surface area contributed by atoms with Crippen LogP contribution in [0.4, 0.5) is 0 Å². The van der Waals surface area contributed by atoms with E-state index in [2.05, 4.69) is 15.4 Å². The number of fused-ring (bicyclic) bond motifs is 1. The van der Waals surface area contributed by atoms with Crippen molar-refractivity contribution in [3.05, 3.63) is 23.8 Å². The van der Waals surface area contributed by atoms with Crippen LogP contribution in [0, 0.1) is 6.92 Å². The van der Waals surface area contributed by atoms with Gasteiger partial charge in [0.25, 0.3) is 0 Å². The second kappa shape index (κ2) is 2.67. The maximum absolute atomic E-state index is 3.94. The Kier molecular flexibility index (Phi) is 1.87. The number of hydrogen-bond acceptors (Lipinski definition) is 2. The molecule has 0 radical (unpaired) electrons. The van der Waals surface area contributed by atoms with Crippen molar-refractivity contribution < 1.29 is 5.48 Å². The van der Waals surface area contributed by atoms with Gasteiger partial charge in [-0.25, -0.2) is 0 Å². The van der Waals surface area contributed by atoms with Gasteiger partial charge in [-0.1, -0.05) is 6.07 Å². The highest BCUT2D eigenvalue weighted by Gasteiger charge is 1.94. The smallest absolute Gasteiger partial charge is 0.113 e. The highest BCUT2D eigenvalue weighted by Crippen LogP contribution is 2.08. The third-order valence-electron chi connectivity index (χ3n) is 1.47. The molecule has 2 aromatic rings. The van der Waals surface area contributed by atoms with Gasteiger partial charge in [-0.2, -0.15) is 15.4 Å². The Balaban J connectivity index is 0.000000605. The van der Waals surface area contributed by atoms with E-state index in [0.717, 1.165) is 11.0 Å². The maximum atomic E-state index is 3.94. The lowest BCUT2D eigenvalue weighted by Gasteiger charge is -1.87. The van der Waals surface area contributed by atoms with Crippen LogP contribution in [-0.4, -0.2) is 20.9 Å². The van der Waals surface area contributed by atoms with Crippen LogP contribution in [0.1, 0.15) is 5.56 Å². The summed E-state index contributed by atoms with van der Waals surface area (Å²) in [6.45, 7) is 2.04. The maximum Gasteiger partial charge on any atom is 0.113 e. The zero-order chi connectivity index (χ0) is 6.97. The van der Waals surface area contributed by atoms with Crippen molar-refractivity contribution in [1.29, 1.82) is 0 Å². The number of aryl methyl sites for hydroxylation is 1. The first-order valence-corrected chi connectivity index (χ1v) is 3.13. The van der Waals surface area contributed by atoms with Crippen molar-refractivity contribution in [2.75, 3.05) is 0 Å². The fourth-order valence-corrected chi connectivity index (χ4v) is 0.950. The lowest BCUT2D eigenvalue weighted by Crippen LogP contribution is -1.71. The molecule has 1 heterocycles. The van der Waals surface area contributed by atoms with E-state index in [9.17, 15) is 0 Å². The van der Waals surface area contributed by atoms with Gasteiger partial charge in [-0.05, 0) is 24.6 Å². The molecule has 1 aromatic heterocycles.